The van der Waals surface area contributed by atoms with E-state index in [-0.39, 0.29) is 13.0 Å². The molecule has 2 heterocycles. The zero-order valence-electron chi connectivity index (χ0n) is 12.5. The summed E-state index contributed by atoms with van der Waals surface area (Å²) >= 11 is 1.23. The fraction of sp³-hybridized carbons (Fsp3) is 0.500. The van der Waals surface area contributed by atoms with Crippen molar-refractivity contribution in [3.63, 3.8) is 0 Å². The molecule has 0 bridgehead atoms. The Morgan fingerprint density at radius 2 is 2.13 bits per heavy atom. The van der Waals surface area contributed by atoms with Crippen molar-refractivity contribution in [2.75, 3.05) is 18.4 Å². The molecule has 1 N–H and O–H groups in total. The van der Waals surface area contributed by atoms with Crippen molar-refractivity contribution in [2.24, 2.45) is 5.92 Å². The topological polar surface area (TPSA) is 73.2 Å². The van der Waals surface area contributed by atoms with E-state index in [9.17, 15) is 22.8 Å². The third-order valence-electron chi connectivity index (χ3n) is 3.69. The van der Waals surface area contributed by atoms with Crippen LogP contribution in [0.15, 0.2) is 0 Å². The van der Waals surface area contributed by atoms with Gasteiger partial charge in [0.15, 0.2) is 0 Å². The van der Waals surface area contributed by atoms with E-state index in [1.165, 1.54) is 11.3 Å². The number of nitriles is 1. The van der Waals surface area contributed by atoms with E-state index in [4.69, 9.17) is 5.26 Å². The van der Waals surface area contributed by atoms with Gasteiger partial charge in [-0.05, 0) is 19.4 Å². The number of amides is 2. The Balaban J connectivity index is 2.07. The summed E-state index contributed by atoms with van der Waals surface area (Å²) in [5.74, 6) is -2.08. The molecule has 0 aromatic carbocycles. The molecule has 0 unspecified atom stereocenters. The Hall–Kier alpha value is -2.08. The average molecular weight is 345 g/mol. The second-order valence-electron chi connectivity index (χ2n) is 5.38. The molecule has 1 saturated heterocycles. The molecule has 23 heavy (non-hydrogen) atoms. The van der Waals surface area contributed by atoms with Gasteiger partial charge in [-0.15, -0.1) is 11.3 Å². The van der Waals surface area contributed by atoms with Gasteiger partial charge >= 0.3 is 6.18 Å². The smallest absolute Gasteiger partial charge is 0.333 e. The van der Waals surface area contributed by atoms with Gasteiger partial charge in [-0.2, -0.15) is 18.4 Å². The van der Waals surface area contributed by atoms with Gasteiger partial charge in [-0.3, -0.25) is 9.59 Å². The first-order valence-electron chi connectivity index (χ1n) is 6.78. The van der Waals surface area contributed by atoms with Crippen LogP contribution < -0.4 is 5.32 Å². The summed E-state index contributed by atoms with van der Waals surface area (Å²) in [5.41, 5.74) is 1.10. The highest BCUT2D eigenvalue weighted by molar-refractivity contribution is 7.16. The van der Waals surface area contributed by atoms with Crippen molar-refractivity contribution < 1.29 is 22.8 Å². The first kappa shape index (κ1) is 17.3. The van der Waals surface area contributed by atoms with Gasteiger partial charge in [0, 0.05) is 17.8 Å². The molecule has 2 rings (SSSR count). The van der Waals surface area contributed by atoms with Crippen LogP contribution in [0.1, 0.15) is 22.4 Å². The summed E-state index contributed by atoms with van der Waals surface area (Å²) in [7, 11) is 0. The first-order chi connectivity index (χ1) is 10.6. The highest BCUT2D eigenvalue weighted by Crippen LogP contribution is 2.33. The Labute approximate surface area is 134 Å². The molecule has 1 aliphatic rings. The zero-order chi connectivity index (χ0) is 17.4. The van der Waals surface area contributed by atoms with Crippen LogP contribution in [0.3, 0.4) is 0 Å². The van der Waals surface area contributed by atoms with Crippen molar-refractivity contribution in [1.82, 2.24) is 4.90 Å². The van der Waals surface area contributed by atoms with Gasteiger partial charge in [-0.1, -0.05) is 0 Å². The maximum absolute atomic E-state index is 12.4. The SMILES string of the molecule is Cc1sc(NC(=O)[C@H]2CC(=O)N(CC(F)(F)F)C2)c(C#N)c1C. The number of aryl methyl sites for hydroxylation is 1. The largest absolute Gasteiger partial charge is 0.406 e. The molecule has 1 atom stereocenters. The fourth-order valence-corrected chi connectivity index (χ4v) is 3.39. The van der Waals surface area contributed by atoms with Gasteiger partial charge in [0.1, 0.15) is 17.6 Å². The van der Waals surface area contributed by atoms with Gasteiger partial charge in [0.25, 0.3) is 0 Å². The lowest BCUT2D eigenvalue weighted by Crippen LogP contribution is -2.36. The van der Waals surface area contributed by atoms with Gasteiger partial charge in [-0.25, -0.2) is 0 Å². The van der Waals surface area contributed by atoms with E-state index >= 15 is 0 Å². The molecule has 1 aromatic rings. The molecule has 0 spiro atoms. The second-order valence-corrected chi connectivity index (χ2v) is 6.60. The van der Waals surface area contributed by atoms with Crippen LogP contribution in [0.5, 0.6) is 0 Å². The number of nitrogens with one attached hydrogen (secondary N) is 1. The predicted octanol–water partition coefficient (Wildman–Crippen LogP) is 2.59. The number of likely N-dealkylation sites (tertiary alicyclic amines) is 1. The van der Waals surface area contributed by atoms with Crippen molar-refractivity contribution >= 4 is 28.2 Å². The van der Waals surface area contributed by atoms with Crippen LogP contribution in [0.25, 0.3) is 0 Å². The van der Waals surface area contributed by atoms with Gasteiger partial charge < -0.3 is 10.2 Å². The molecular formula is C14H14F3N3O2S. The van der Waals surface area contributed by atoms with E-state index in [0.29, 0.717) is 15.5 Å². The number of rotatable bonds is 3. The Morgan fingerprint density at radius 1 is 1.48 bits per heavy atom. The predicted molar refractivity (Wildman–Crippen MR) is 77.9 cm³/mol. The molecule has 0 saturated carbocycles. The van der Waals surface area contributed by atoms with Gasteiger partial charge in [0.05, 0.1) is 11.5 Å². The molecule has 1 fully saturated rings. The third-order valence-corrected chi connectivity index (χ3v) is 4.81. The first-order valence-corrected chi connectivity index (χ1v) is 7.59. The molecule has 0 aliphatic carbocycles. The minimum absolute atomic E-state index is 0.257. The van der Waals surface area contributed by atoms with Gasteiger partial charge in [0.2, 0.25) is 11.8 Å². The number of alkyl halides is 3. The minimum atomic E-state index is -4.49. The number of carbonyl (C=O) groups excluding carboxylic acids is 2. The zero-order valence-corrected chi connectivity index (χ0v) is 13.3. The second kappa shape index (κ2) is 6.20. The highest BCUT2D eigenvalue weighted by atomic mass is 32.1. The van der Waals surface area contributed by atoms with E-state index in [2.05, 4.69) is 5.32 Å². The minimum Gasteiger partial charge on any atom is -0.333 e. The molecule has 0 radical (unpaired) electrons. The summed E-state index contributed by atoms with van der Waals surface area (Å²) in [4.78, 5) is 25.3. The number of carbonyl (C=O) groups is 2. The number of nitrogens with zero attached hydrogens (tertiary/aromatic N) is 2. The monoisotopic (exact) mass is 345 g/mol. The van der Waals surface area contributed by atoms with E-state index < -0.39 is 30.5 Å². The van der Waals surface area contributed by atoms with Crippen LogP contribution in [0.2, 0.25) is 0 Å². The number of thiophene rings is 1. The molecule has 1 aromatic heterocycles. The fourth-order valence-electron chi connectivity index (χ4n) is 2.38. The van der Waals surface area contributed by atoms with Crippen LogP contribution in [0, 0.1) is 31.1 Å². The third kappa shape index (κ3) is 3.82. The quantitative estimate of drug-likeness (QED) is 0.915. The molecule has 2 amide bonds. The lowest BCUT2D eigenvalue weighted by atomic mass is 10.1. The normalized spacial score (nSPS) is 18.2. The Bertz CT molecular complexity index is 691. The Morgan fingerprint density at radius 3 is 2.70 bits per heavy atom. The molecule has 1 aliphatic heterocycles. The molecule has 5 nitrogen and oxygen atoms in total. The number of anilines is 1. The lowest BCUT2D eigenvalue weighted by Gasteiger charge is -2.18. The summed E-state index contributed by atoms with van der Waals surface area (Å²) in [6.45, 7) is 1.94. The van der Waals surface area contributed by atoms with Crippen LogP contribution in [-0.4, -0.2) is 36.0 Å². The maximum Gasteiger partial charge on any atom is 0.406 e. The molecular weight excluding hydrogens is 331 g/mol. The van der Waals surface area contributed by atoms with Crippen molar-refractivity contribution in [3.05, 3.63) is 16.0 Å². The molecule has 9 heteroatoms. The van der Waals surface area contributed by atoms with Crippen LogP contribution in [0.4, 0.5) is 18.2 Å². The average Bonchev–Trinajstić information content (AvgIpc) is 2.90. The van der Waals surface area contributed by atoms with Crippen LogP contribution in [-0.2, 0) is 9.59 Å². The summed E-state index contributed by atoms with van der Waals surface area (Å²) in [6.07, 6.45) is -4.75. The van der Waals surface area contributed by atoms with Crippen molar-refractivity contribution in [3.8, 4) is 6.07 Å². The standard InChI is InChI=1S/C14H14F3N3O2S/c1-7-8(2)23-13(10(7)4-18)19-12(22)9-3-11(21)20(5-9)6-14(15,16)17/h9H,3,5-6H2,1-2H3,(H,19,22)/t9-/m0/s1. The van der Waals surface area contributed by atoms with E-state index in [1.807, 2.05) is 6.07 Å². The van der Waals surface area contributed by atoms with E-state index in [1.54, 1.807) is 13.8 Å². The number of hydrogen-bond acceptors (Lipinski definition) is 4. The van der Waals surface area contributed by atoms with E-state index in [0.717, 1.165) is 10.4 Å². The number of hydrogen-bond donors (Lipinski definition) is 1. The van der Waals surface area contributed by atoms with Crippen molar-refractivity contribution in [2.45, 2.75) is 26.4 Å². The highest BCUT2D eigenvalue weighted by Gasteiger charge is 2.40. The van der Waals surface area contributed by atoms with Crippen molar-refractivity contribution in [1.29, 1.82) is 5.26 Å². The maximum atomic E-state index is 12.4. The summed E-state index contributed by atoms with van der Waals surface area (Å²) < 4.78 is 37.1. The summed E-state index contributed by atoms with van der Waals surface area (Å²) in [5, 5.41) is 12.1. The lowest BCUT2D eigenvalue weighted by molar-refractivity contribution is -0.157. The van der Waals surface area contributed by atoms with Crippen LogP contribution >= 0.6 is 11.3 Å². The number of halogens is 3. The Kier molecular flexibility index (Phi) is 4.66. The molecule has 124 valence electrons. The summed E-state index contributed by atoms with van der Waals surface area (Å²) in [6, 6.07) is 2.00.